The van der Waals surface area contributed by atoms with Crippen LogP contribution in [-0.4, -0.2) is 57.6 Å². The van der Waals surface area contributed by atoms with Gasteiger partial charge in [-0.05, 0) is 43.7 Å². The molecule has 0 fully saturated rings. The van der Waals surface area contributed by atoms with Gasteiger partial charge in [-0.25, -0.2) is 8.42 Å². The molecule has 0 saturated heterocycles. The number of nitrogens with one attached hydrogen (secondary N) is 1. The molecule has 0 aliphatic rings. The van der Waals surface area contributed by atoms with E-state index >= 15 is 0 Å². The van der Waals surface area contributed by atoms with Crippen LogP contribution in [0.1, 0.15) is 19.4 Å². The molecule has 2 aromatic rings. The third-order valence-corrected chi connectivity index (χ3v) is 5.89. The number of nitrogens with zero attached hydrogens (tertiary/aromatic N) is 2. The van der Waals surface area contributed by atoms with E-state index in [0.29, 0.717) is 18.0 Å². The van der Waals surface area contributed by atoms with Gasteiger partial charge in [0.15, 0.2) is 0 Å². The van der Waals surface area contributed by atoms with Crippen LogP contribution in [0.2, 0.25) is 0 Å². The Balaban J connectivity index is 2.33. The molecule has 2 amide bonds. The summed E-state index contributed by atoms with van der Waals surface area (Å²) >= 11 is 0. The second-order valence-electron chi connectivity index (χ2n) is 7.05. The van der Waals surface area contributed by atoms with Crippen molar-refractivity contribution >= 4 is 27.5 Å². The van der Waals surface area contributed by atoms with Gasteiger partial charge in [0.05, 0.1) is 19.1 Å². The topological polar surface area (TPSA) is 96.0 Å². The van der Waals surface area contributed by atoms with Crippen LogP contribution in [0, 0.1) is 0 Å². The van der Waals surface area contributed by atoms with Gasteiger partial charge in [-0.15, -0.1) is 0 Å². The second kappa shape index (κ2) is 10.8. The van der Waals surface area contributed by atoms with E-state index in [1.54, 1.807) is 75.6 Å². The zero-order chi connectivity index (χ0) is 23.0. The van der Waals surface area contributed by atoms with Crippen molar-refractivity contribution in [3.63, 3.8) is 0 Å². The number of likely N-dealkylation sites (N-methyl/N-ethyl adjacent to an activating group) is 1. The van der Waals surface area contributed by atoms with E-state index in [1.807, 2.05) is 0 Å². The van der Waals surface area contributed by atoms with Gasteiger partial charge in [0.2, 0.25) is 21.8 Å². The van der Waals surface area contributed by atoms with Crippen LogP contribution in [0.5, 0.6) is 5.75 Å². The smallest absolute Gasteiger partial charge is 0.244 e. The van der Waals surface area contributed by atoms with Crippen molar-refractivity contribution in [1.82, 2.24) is 10.2 Å². The highest BCUT2D eigenvalue weighted by Crippen LogP contribution is 2.19. The SMILES string of the molecule is CCNC(=O)C(C)N(Cc1ccc(OC)cc1)C(=O)CN(c1ccccc1)S(C)(=O)=O. The highest BCUT2D eigenvalue weighted by molar-refractivity contribution is 7.92. The van der Waals surface area contributed by atoms with E-state index in [1.165, 1.54) is 4.90 Å². The van der Waals surface area contributed by atoms with Crippen LogP contribution >= 0.6 is 0 Å². The Labute approximate surface area is 183 Å². The van der Waals surface area contributed by atoms with Gasteiger partial charge >= 0.3 is 0 Å². The number of methoxy groups -OCH3 is 1. The first-order valence-electron chi connectivity index (χ1n) is 9.90. The van der Waals surface area contributed by atoms with E-state index in [9.17, 15) is 18.0 Å². The number of hydrogen-bond donors (Lipinski definition) is 1. The van der Waals surface area contributed by atoms with Gasteiger partial charge in [0.25, 0.3) is 0 Å². The van der Waals surface area contributed by atoms with E-state index in [4.69, 9.17) is 4.74 Å². The maximum atomic E-state index is 13.3. The molecular formula is C22H29N3O5S. The lowest BCUT2D eigenvalue weighted by Crippen LogP contribution is -2.51. The molecule has 0 heterocycles. The number of benzene rings is 2. The van der Waals surface area contributed by atoms with Gasteiger partial charge in [0, 0.05) is 13.1 Å². The molecule has 2 rings (SSSR count). The fourth-order valence-corrected chi connectivity index (χ4v) is 3.89. The predicted molar refractivity (Wildman–Crippen MR) is 120 cm³/mol. The van der Waals surface area contributed by atoms with E-state index in [2.05, 4.69) is 5.32 Å². The summed E-state index contributed by atoms with van der Waals surface area (Å²) in [6.07, 6.45) is 1.05. The van der Waals surface area contributed by atoms with Gasteiger partial charge < -0.3 is 15.0 Å². The predicted octanol–water partition coefficient (Wildman–Crippen LogP) is 2.01. The van der Waals surface area contributed by atoms with Crippen LogP contribution in [-0.2, 0) is 26.2 Å². The van der Waals surface area contributed by atoms with E-state index < -0.39 is 28.5 Å². The number of anilines is 1. The number of hydrogen-bond acceptors (Lipinski definition) is 5. The summed E-state index contributed by atoms with van der Waals surface area (Å²) in [6.45, 7) is 3.57. The number of ether oxygens (including phenoxy) is 1. The van der Waals surface area contributed by atoms with Crippen LogP contribution in [0.25, 0.3) is 0 Å². The zero-order valence-electron chi connectivity index (χ0n) is 18.2. The van der Waals surface area contributed by atoms with Crippen LogP contribution < -0.4 is 14.4 Å². The summed E-state index contributed by atoms with van der Waals surface area (Å²) in [5, 5.41) is 2.72. The standard InChI is InChI=1S/C22H29N3O5S/c1-5-23-22(27)17(2)24(15-18-11-13-20(30-3)14-12-18)21(26)16-25(31(4,28)29)19-9-7-6-8-10-19/h6-14,17H,5,15-16H2,1-4H3,(H,23,27). The summed E-state index contributed by atoms with van der Waals surface area (Å²) in [5.41, 5.74) is 1.17. The molecule has 1 unspecified atom stereocenters. The maximum Gasteiger partial charge on any atom is 0.244 e. The van der Waals surface area contributed by atoms with Gasteiger partial charge in [-0.2, -0.15) is 0 Å². The largest absolute Gasteiger partial charge is 0.497 e. The minimum Gasteiger partial charge on any atom is -0.497 e. The molecule has 168 valence electrons. The van der Waals surface area contributed by atoms with Crippen molar-refractivity contribution < 1.29 is 22.7 Å². The minimum atomic E-state index is -3.72. The van der Waals surface area contributed by atoms with Crippen molar-refractivity contribution in [2.24, 2.45) is 0 Å². The Bertz CT molecular complexity index is 978. The lowest BCUT2D eigenvalue weighted by atomic mass is 10.1. The molecule has 31 heavy (non-hydrogen) atoms. The molecule has 0 saturated carbocycles. The molecule has 0 aliphatic heterocycles. The molecular weight excluding hydrogens is 418 g/mol. The molecule has 8 nitrogen and oxygen atoms in total. The molecule has 1 atom stereocenters. The molecule has 0 aliphatic carbocycles. The van der Waals surface area contributed by atoms with Crippen molar-refractivity contribution in [2.75, 3.05) is 30.8 Å². The Morgan fingerprint density at radius 3 is 2.19 bits per heavy atom. The zero-order valence-corrected chi connectivity index (χ0v) is 19.1. The fourth-order valence-electron chi connectivity index (χ4n) is 3.04. The first-order valence-corrected chi connectivity index (χ1v) is 11.7. The van der Waals surface area contributed by atoms with Crippen LogP contribution in [0.15, 0.2) is 54.6 Å². The lowest BCUT2D eigenvalue weighted by Gasteiger charge is -2.31. The number of sulfonamides is 1. The molecule has 0 spiro atoms. The lowest BCUT2D eigenvalue weighted by molar-refractivity contribution is -0.139. The molecule has 0 aromatic heterocycles. The highest BCUT2D eigenvalue weighted by Gasteiger charge is 2.29. The Hall–Kier alpha value is -3.07. The summed E-state index contributed by atoms with van der Waals surface area (Å²) in [7, 11) is -2.15. The number of carbonyl (C=O) groups is 2. The second-order valence-corrected chi connectivity index (χ2v) is 8.95. The quantitative estimate of drug-likeness (QED) is 0.601. The van der Waals surface area contributed by atoms with E-state index in [0.717, 1.165) is 16.1 Å². The minimum absolute atomic E-state index is 0.146. The van der Waals surface area contributed by atoms with Gasteiger partial charge in [0.1, 0.15) is 18.3 Å². The Morgan fingerprint density at radius 2 is 1.68 bits per heavy atom. The summed E-state index contributed by atoms with van der Waals surface area (Å²) < 4.78 is 31.0. The number of carbonyl (C=O) groups excluding carboxylic acids is 2. The highest BCUT2D eigenvalue weighted by atomic mass is 32.2. The van der Waals surface area contributed by atoms with E-state index in [-0.39, 0.29) is 12.5 Å². The summed E-state index contributed by atoms with van der Waals surface area (Å²) in [6, 6.07) is 14.7. The Kier molecular flexibility index (Phi) is 8.44. The fraction of sp³-hybridized carbons (Fsp3) is 0.364. The van der Waals surface area contributed by atoms with Gasteiger partial charge in [-0.3, -0.25) is 13.9 Å². The number of rotatable bonds is 10. The van der Waals surface area contributed by atoms with Crippen molar-refractivity contribution in [1.29, 1.82) is 0 Å². The van der Waals surface area contributed by atoms with Crippen LogP contribution in [0.4, 0.5) is 5.69 Å². The van der Waals surface area contributed by atoms with Crippen molar-refractivity contribution in [3.05, 3.63) is 60.2 Å². The third-order valence-electron chi connectivity index (χ3n) is 4.75. The molecule has 0 bridgehead atoms. The normalized spacial score (nSPS) is 12.0. The molecule has 2 aromatic carbocycles. The summed E-state index contributed by atoms with van der Waals surface area (Å²) in [4.78, 5) is 27.1. The summed E-state index contributed by atoms with van der Waals surface area (Å²) in [5.74, 6) is -0.121. The molecule has 9 heteroatoms. The third kappa shape index (κ3) is 6.71. The average molecular weight is 448 g/mol. The van der Waals surface area contributed by atoms with Crippen LogP contribution in [0.3, 0.4) is 0 Å². The molecule has 0 radical (unpaired) electrons. The number of para-hydroxylation sites is 1. The Morgan fingerprint density at radius 1 is 1.06 bits per heavy atom. The first-order chi connectivity index (χ1) is 14.7. The average Bonchev–Trinajstić information content (AvgIpc) is 2.75. The van der Waals surface area contributed by atoms with Crippen molar-refractivity contribution in [3.8, 4) is 5.75 Å². The number of amides is 2. The van der Waals surface area contributed by atoms with Crippen molar-refractivity contribution in [2.45, 2.75) is 26.4 Å². The first kappa shape index (κ1) is 24.2. The van der Waals surface area contributed by atoms with Gasteiger partial charge in [-0.1, -0.05) is 30.3 Å². The molecule has 1 N–H and O–H groups in total. The monoisotopic (exact) mass is 447 g/mol. The maximum absolute atomic E-state index is 13.3.